The molecule has 160 valence electrons. The average Bonchev–Trinajstić information content (AvgIpc) is 2.76. The van der Waals surface area contributed by atoms with Gasteiger partial charge in [-0.2, -0.15) is 18.3 Å². The van der Waals surface area contributed by atoms with Gasteiger partial charge >= 0.3 is 6.18 Å². The molecule has 0 bridgehead atoms. The Kier molecular flexibility index (Phi) is 6.38. The topological polar surface area (TPSA) is 138 Å². The van der Waals surface area contributed by atoms with Crippen molar-refractivity contribution in [1.29, 1.82) is 5.41 Å². The molecular formula is C13H14Cl2F3N6O3S2+. The first-order valence-electron chi connectivity index (χ1n) is 7.27. The molecule has 0 saturated heterocycles. The zero-order valence-electron chi connectivity index (χ0n) is 14.6. The minimum Gasteiger partial charge on any atom is -0.323 e. The number of quaternary nitrogens is 1. The Morgan fingerprint density at radius 2 is 1.86 bits per heavy atom. The lowest BCUT2D eigenvalue weighted by atomic mass is 10.2. The Morgan fingerprint density at radius 1 is 1.34 bits per heavy atom. The van der Waals surface area contributed by atoms with E-state index in [0.717, 1.165) is 12.5 Å². The predicted molar refractivity (Wildman–Crippen MR) is 106 cm³/mol. The molecule has 1 aliphatic heterocycles. The summed E-state index contributed by atoms with van der Waals surface area (Å²) in [6, 6.07) is 1.05. The molecule has 5 N–H and O–H groups in total. The molecule has 2 atom stereocenters. The lowest BCUT2D eigenvalue weighted by molar-refractivity contribution is -0.137. The van der Waals surface area contributed by atoms with Crippen LogP contribution < -0.4 is 20.8 Å². The Balaban J connectivity index is 2.85. The number of halogens is 5. The third-order valence-corrected chi connectivity index (χ3v) is 5.73. The van der Waals surface area contributed by atoms with E-state index in [1.54, 1.807) is 0 Å². The fourth-order valence-corrected chi connectivity index (χ4v) is 4.88. The standard InChI is InChI=1S/C13H14Cl2F3N6O3S2/c1-28(25)11-9(5-21-20)22-24(12(11)19,23-29(2,26)27)10-7(14)3-6(4-8(10)15)13(16,17)18/h3-5,19,22-23H,20H2,1-2H3/q+1. The fraction of sp³-hybridized carbons (Fsp3) is 0.231. The number of nitrogens with one attached hydrogen (secondary N) is 3. The summed E-state index contributed by atoms with van der Waals surface area (Å²) < 4.78 is 74.0. The smallest absolute Gasteiger partial charge is 0.323 e. The molecule has 9 nitrogen and oxygen atoms in total. The molecule has 0 aliphatic carbocycles. The summed E-state index contributed by atoms with van der Waals surface area (Å²) in [5.74, 6) is 4.44. The van der Waals surface area contributed by atoms with Crippen LogP contribution in [0.1, 0.15) is 5.56 Å². The quantitative estimate of drug-likeness (QED) is 0.214. The van der Waals surface area contributed by atoms with Gasteiger partial charge in [0.25, 0.3) is 15.9 Å². The normalized spacial score (nSPS) is 21.7. The molecule has 1 aromatic rings. The van der Waals surface area contributed by atoms with Crippen molar-refractivity contribution < 1.29 is 25.8 Å². The summed E-state index contributed by atoms with van der Waals surface area (Å²) in [7, 11) is -5.98. The molecule has 29 heavy (non-hydrogen) atoms. The molecule has 0 saturated carbocycles. The highest BCUT2D eigenvalue weighted by Crippen LogP contribution is 2.44. The second-order valence-corrected chi connectivity index (χ2v) is 9.61. The number of benzene rings is 1. The minimum atomic E-state index is -4.78. The molecule has 2 unspecified atom stereocenters. The Labute approximate surface area is 175 Å². The van der Waals surface area contributed by atoms with E-state index >= 15 is 0 Å². The van der Waals surface area contributed by atoms with E-state index in [1.165, 1.54) is 6.26 Å². The van der Waals surface area contributed by atoms with E-state index in [-0.39, 0.29) is 10.6 Å². The first-order chi connectivity index (χ1) is 13.1. The van der Waals surface area contributed by atoms with Crippen molar-refractivity contribution >= 4 is 61.8 Å². The molecule has 0 fully saturated rings. The van der Waals surface area contributed by atoms with Crippen LogP contribution in [0.5, 0.6) is 0 Å². The second-order valence-electron chi connectivity index (χ2n) is 5.76. The highest BCUT2D eigenvalue weighted by Gasteiger charge is 2.53. The van der Waals surface area contributed by atoms with Gasteiger partial charge < -0.3 is 5.84 Å². The molecule has 0 amide bonds. The van der Waals surface area contributed by atoms with Crippen molar-refractivity contribution in [3.8, 4) is 0 Å². The molecule has 0 radical (unpaired) electrons. The van der Waals surface area contributed by atoms with Gasteiger partial charge in [0.2, 0.25) is 5.69 Å². The van der Waals surface area contributed by atoms with Crippen LogP contribution in [0.4, 0.5) is 18.9 Å². The number of hydrogen-bond donors (Lipinski definition) is 4. The lowest BCUT2D eigenvalue weighted by Crippen LogP contribution is -2.69. The molecule has 1 aromatic carbocycles. The highest BCUT2D eigenvalue weighted by molar-refractivity contribution is 7.89. The predicted octanol–water partition coefficient (Wildman–Crippen LogP) is 1.81. The number of hydrogen-bond acceptors (Lipinski definition) is 7. The van der Waals surface area contributed by atoms with Gasteiger partial charge in [-0.1, -0.05) is 27.9 Å². The molecule has 1 aliphatic rings. The van der Waals surface area contributed by atoms with E-state index in [4.69, 9.17) is 34.5 Å². The largest absolute Gasteiger partial charge is 0.416 e. The third-order valence-electron chi connectivity index (χ3n) is 3.56. The van der Waals surface area contributed by atoms with Gasteiger partial charge in [0.15, 0.2) is 4.91 Å². The molecule has 16 heteroatoms. The summed E-state index contributed by atoms with van der Waals surface area (Å²) in [5, 5.41) is 10.5. The fourth-order valence-electron chi connectivity index (χ4n) is 2.60. The van der Waals surface area contributed by atoms with Gasteiger partial charge in [0.05, 0.1) is 28.8 Å². The monoisotopic (exact) mass is 493 g/mol. The van der Waals surface area contributed by atoms with Crippen molar-refractivity contribution in [1.82, 2.24) is 15.0 Å². The summed E-state index contributed by atoms with van der Waals surface area (Å²) >= 11 is 12.1. The molecule has 1 heterocycles. The van der Waals surface area contributed by atoms with Crippen LogP contribution in [0.15, 0.2) is 27.8 Å². The van der Waals surface area contributed by atoms with Crippen molar-refractivity contribution in [2.75, 3.05) is 12.5 Å². The zero-order valence-corrected chi connectivity index (χ0v) is 17.8. The van der Waals surface area contributed by atoms with Crippen LogP contribution in [0.25, 0.3) is 0 Å². The van der Waals surface area contributed by atoms with E-state index in [9.17, 15) is 25.8 Å². The zero-order chi connectivity index (χ0) is 22.4. The van der Waals surface area contributed by atoms with Crippen LogP contribution in [0.2, 0.25) is 10.0 Å². The molecule has 0 aromatic heterocycles. The number of alkyl halides is 3. The van der Waals surface area contributed by atoms with E-state index in [1.807, 2.05) is 0 Å². The summed E-state index contributed by atoms with van der Waals surface area (Å²) in [6.07, 6.45) is -1.88. The number of amidine groups is 1. The Bertz CT molecular complexity index is 1050. The van der Waals surface area contributed by atoms with Crippen molar-refractivity contribution in [3.63, 3.8) is 0 Å². The summed E-state index contributed by atoms with van der Waals surface area (Å²) in [5.41, 5.74) is 0.776. The highest BCUT2D eigenvalue weighted by atomic mass is 35.5. The molecule has 0 spiro atoms. The van der Waals surface area contributed by atoms with E-state index in [2.05, 4.69) is 15.4 Å². The minimum absolute atomic E-state index is 0.124. The van der Waals surface area contributed by atoms with Crippen LogP contribution >= 0.6 is 23.2 Å². The van der Waals surface area contributed by atoms with Crippen molar-refractivity contribution in [3.05, 3.63) is 38.3 Å². The Morgan fingerprint density at radius 3 is 2.24 bits per heavy atom. The third kappa shape index (κ3) is 4.57. The first kappa shape index (κ1) is 23.6. The molecule has 2 rings (SSSR count). The van der Waals surface area contributed by atoms with Gasteiger partial charge in [-0.15, -0.1) is 0 Å². The van der Waals surface area contributed by atoms with Gasteiger partial charge in [0, 0.05) is 6.26 Å². The van der Waals surface area contributed by atoms with Crippen LogP contribution in [-0.4, -0.2) is 37.2 Å². The Hall–Kier alpha value is -1.71. The maximum atomic E-state index is 13.1. The number of nitrogens with two attached hydrogens (primary N) is 1. The van der Waals surface area contributed by atoms with Crippen LogP contribution in [-0.2, 0) is 27.0 Å². The van der Waals surface area contributed by atoms with Gasteiger partial charge in [0.1, 0.15) is 15.7 Å². The maximum absolute atomic E-state index is 13.1. The summed E-state index contributed by atoms with van der Waals surface area (Å²) in [4.78, 5) is 1.84. The van der Waals surface area contributed by atoms with Crippen LogP contribution in [0, 0.1) is 5.41 Å². The first-order valence-corrected chi connectivity index (χ1v) is 11.5. The van der Waals surface area contributed by atoms with Gasteiger partial charge in [-0.3, -0.25) is 4.21 Å². The summed E-state index contributed by atoms with van der Waals surface area (Å²) in [6.45, 7) is 0. The molecular weight excluding hydrogens is 480 g/mol. The number of rotatable bonds is 5. The van der Waals surface area contributed by atoms with Crippen molar-refractivity contribution in [2.45, 2.75) is 6.18 Å². The lowest BCUT2D eigenvalue weighted by Gasteiger charge is -2.32. The van der Waals surface area contributed by atoms with E-state index in [0.29, 0.717) is 12.1 Å². The number of nitrogens with zero attached hydrogens (tertiary/aromatic N) is 2. The SMILES string of the molecule is CS(=O)C1=C(C=NN)N[N+](NS(C)(=O)=O)(c2c(Cl)cc(C(F)(F)F)cc2Cl)C1=N. The average molecular weight is 494 g/mol. The van der Waals surface area contributed by atoms with Gasteiger partial charge in [-0.05, 0) is 17.0 Å². The number of hydrazone groups is 1. The second kappa shape index (κ2) is 7.85. The van der Waals surface area contributed by atoms with Crippen LogP contribution in [0.3, 0.4) is 0 Å². The number of sulfonamides is 1. The number of allylic oxidation sites excluding steroid dienone is 1. The van der Waals surface area contributed by atoms with Crippen molar-refractivity contribution in [2.24, 2.45) is 10.9 Å². The van der Waals surface area contributed by atoms with Gasteiger partial charge in [-0.25, -0.2) is 19.3 Å². The van der Waals surface area contributed by atoms with E-state index < -0.39 is 58.8 Å². The maximum Gasteiger partial charge on any atom is 0.416 e.